The van der Waals surface area contributed by atoms with Gasteiger partial charge in [0.25, 0.3) is 0 Å². The van der Waals surface area contributed by atoms with E-state index in [4.69, 9.17) is 5.73 Å². The van der Waals surface area contributed by atoms with E-state index in [1.54, 1.807) is 6.33 Å². The van der Waals surface area contributed by atoms with Gasteiger partial charge in [-0.15, -0.1) is 0 Å². The van der Waals surface area contributed by atoms with Crippen molar-refractivity contribution in [3.8, 4) is 0 Å². The molecule has 1 atom stereocenters. The average molecular weight is 264 g/mol. The molecule has 0 saturated heterocycles. The van der Waals surface area contributed by atoms with Gasteiger partial charge in [0.05, 0.1) is 11.6 Å². The zero-order valence-electron chi connectivity index (χ0n) is 11.2. The van der Waals surface area contributed by atoms with Crippen LogP contribution in [0.1, 0.15) is 18.5 Å². The van der Waals surface area contributed by atoms with Crippen molar-refractivity contribution in [1.82, 2.24) is 9.97 Å². The Bertz CT molecular complexity index is 734. The standard InChI is InChI=1S/C16H16N4/c1-11(12-6-2-4-8-14(12)17)20-16-13-7-3-5-9-15(13)18-10-19-16/h2-11H,17H2,1H3,(H,18,19,20). The Morgan fingerprint density at radius 3 is 2.60 bits per heavy atom. The Morgan fingerprint density at radius 1 is 1.00 bits per heavy atom. The minimum absolute atomic E-state index is 0.0782. The number of hydrogen-bond donors (Lipinski definition) is 2. The third kappa shape index (κ3) is 2.28. The lowest BCUT2D eigenvalue weighted by Crippen LogP contribution is -2.10. The molecule has 0 fully saturated rings. The highest BCUT2D eigenvalue weighted by atomic mass is 15.0. The van der Waals surface area contributed by atoms with Crippen LogP contribution in [0, 0.1) is 0 Å². The summed E-state index contributed by atoms with van der Waals surface area (Å²) in [4.78, 5) is 8.60. The van der Waals surface area contributed by atoms with Crippen molar-refractivity contribution in [3.05, 3.63) is 60.4 Å². The molecular weight excluding hydrogens is 248 g/mol. The summed E-state index contributed by atoms with van der Waals surface area (Å²) in [6, 6.07) is 15.9. The minimum atomic E-state index is 0.0782. The number of nitrogen functional groups attached to an aromatic ring is 1. The third-order valence-corrected chi connectivity index (χ3v) is 3.36. The predicted molar refractivity (Wildman–Crippen MR) is 82.4 cm³/mol. The molecule has 0 amide bonds. The number of nitrogens with one attached hydrogen (secondary N) is 1. The van der Waals surface area contributed by atoms with E-state index in [1.165, 1.54) is 0 Å². The van der Waals surface area contributed by atoms with Crippen LogP contribution < -0.4 is 11.1 Å². The SMILES string of the molecule is CC(Nc1ncnc2ccccc12)c1ccccc1N. The molecule has 0 spiro atoms. The second-order valence-corrected chi connectivity index (χ2v) is 4.73. The Labute approximate surface area is 117 Å². The second-order valence-electron chi connectivity index (χ2n) is 4.73. The van der Waals surface area contributed by atoms with Crippen LogP contribution in [-0.2, 0) is 0 Å². The van der Waals surface area contributed by atoms with Crippen LogP contribution in [0.4, 0.5) is 11.5 Å². The molecule has 0 bridgehead atoms. The van der Waals surface area contributed by atoms with E-state index in [0.717, 1.165) is 28.0 Å². The molecule has 3 rings (SSSR count). The van der Waals surface area contributed by atoms with Gasteiger partial charge in [-0.3, -0.25) is 0 Å². The monoisotopic (exact) mass is 264 g/mol. The van der Waals surface area contributed by atoms with E-state index < -0.39 is 0 Å². The fraction of sp³-hybridized carbons (Fsp3) is 0.125. The first kappa shape index (κ1) is 12.4. The van der Waals surface area contributed by atoms with Crippen molar-refractivity contribution in [1.29, 1.82) is 0 Å². The Hall–Kier alpha value is -2.62. The van der Waals surface area contributed by atoms with Crippen LogP contribution in [-0.4, -0.2) is 9.97 Å². The quantitative estimate of drug-likeness (QED) is 0.712. The lowest BCUT2D eigenvalue weighted by molar-refractivity contribution is 0.879. The maximum atomic E-state index is 6.02. The van der Waals surface area contributed by atoms with Gasteiger partial charge in [-0.25, -0.2) is 9.97 Å². The smallest absolute Gasteiger partial charge is 0.137 e. The highest BCUT2D eigenvalue weighted by Crippen LogP contribution is 2.26. The topological polar surface area (TPSA) is 63.8 Å². The van der Waals surface area contributed by atoms with Crippen molar-refractivity contribution < 1.29 is 0 Å². The molecule has 0 aliphatic heterocycles. The third-order valence-electron chi connectivity index (χ3n) is 3.36. The number of benzene rings is 2. The van der Waals surface area contributed by atoms with Crippen LogP contribution in [0.2, 0.25) is 0 Å². The first-order chi connectivity index (χ1) is 9.75. The summed E-state index contributed by atoms with van der Waals surface area (Å²) in [7, 11) is 0. The summed E-state index contributed by atoms with van der Waals surface area (Å²) in [6.45, 7) is 2.07. The number of anilines is 2. The zero-order chi connectivity index (χ0) is 13.9. The summed E-state index contributed by atoms with van der Waals surface area (Å²) >= 11 is 0. The molecule has 4 nitrogen and oxygen atoms in total. The van der Waals surface area contributed by atoms with Gasteiger partial charge in [-0.1, -0.05) is 30.3 Å². The molecule has 0 saturated carbocycles. The zero-order valence-corrected chi connectivity index (χ0v) is 11.2. The van der Waals surface area contributed by atoms with Gasteiger partial charge in [0.1, 0.15) is 12.1 Å². The van der Waals surface area contributed by atoms with E-state index in [-0.39, 0.29) is 6.04 Å². The van der Waals surface area contributed by atoms with Crippen molar-refractivity contribution in [2.75, 3.05) is 11.1 Å². The highest BCUT2D eigenvalue weighted by molar-refractivity contribution is 5.88. The van der Waals surface area contributed by atoms with E-state index in [0.29, 0.717) is 0 Å². The molecule has 3 aromatic rings. The Balaban J connectivity index is 1.96. The van der Waals surface area contributed by atoms with Crippen LogP contribution in [0.25, 0.3) is 10.9 Å². The molecule has 1 aromatic heterocycles. The fourth-order valence-electron chi connectivity index (χ4n) is 2.31. The predicted octanol–water partition coefficient (Wildman–Crippen LogP) is 3.39. The number of para-hydroxylation sites is 2. The van der Waals surface area contributed by atoms with Crippen LogP contribution in [0.15, 0.2) is 54.9 Å². The lowest BCUT2D eigenvalue weighted by Gasteiger charge is -2.17. The van der Waals surface area contributed by atoms with Crippen molar-refractivity contribution in [2.45, 2.75) is 13.0 Å². The number of nitrogens with zero attached hydrogens (tertiary/aromatic N) is 2. The van der Waals surface area contributed by atoms with Gasteiger partial charge in [-0.05, 0) is 30.7 Å². The molecular formula is C16H16N4. The first-order valence-corrected chi connectivity index (χ1v) is 6.56. The van der Waals surface area contributed by atoms with E-state index in [1.807, 2.05) is 48.5 Å². The van der Waals surface area contributed by atoms with Gasteiger partial charge in [-0.2, -0.15) is 0 Å². The number of hydrogen-bond acceptors (Lipinski definition) is 4. The summed E-state index contributed by atoms with van der Waals surface area (Å²) in [5.74, 6) is 0.825. The highest BCUT2D eigenvalue weighted by Gasteiger charge is 2.10. The summed E-state index contributed by atoms with van der Waals surface area (Å²) in [6.07, 6.45) is 1.58. The molecule has 4 heteroatoms. The van der Waals surface area contributed by atoms with E-state index in [2.05, 4.69) is 22.2 Å². The minimum Gasteiger partial charge on any atom is -0.398 e. The number of fused-ring (bicyclic) bond motifs is 1. The number of nitrogens with two attached hydrogens (primary N) is 1. The largest absolute Gasteiger partial charge is 0.398 e. The molecule has 0 radical (unpaired) electrons. The normalized spacial score (nSPS) is 12.2. The molecule has 1 heterocycles. The van der Waals surface area contributed by atoms with Crippen molar-refractivity contribution >= 4 is 22.4 Å². The van der Waals surface area contributed by atoms with Gasteiger partial charge in [0.15, 0.2) is 0 Å². The number of aromatic nitrogens is 2. The van der Waals surface area contributed by atoms with Crippen LogP contribution in [0.3, 0.4) is 0 Å². The molecule has 0 aliphatic rings. The summed E-state index contributed by atoms with van der Waals surface area (Å²) in [5.41, 5.74) is 8.79. The molecule has 3 N–H and O–H groups in total. The van der Waals surface area contributed by atoms with Gasteiger partial charge >= 0.3 is 0 Å². The number of rotatable bonds is 3. The average Bonchev–Trinajstić information content (AvgIpc) is 2.48. The van der Waals surface area contributed by atoms with E-state index in [9.17, 15) is 0 Å². The fourth-order valence-corrected chi connectivity index (χ4v) is 2.31. The van der Waals surface area contributed by atoms with Gasteiger partial charge in [0.2, 0.25) is 0 Å². The Morgan fingerprint density at radius 2 is 1.75 bits per heavy atom. The summed E-state index contributed by atoms with van der Waals surface area (Å²) < 4.78 is 0. The second kappa shape index (κ2) is 5.17. The molecule has 100 valence electrons. The van der Waals surface area contributed by atoms with Gasteiger partial charge < -0.3 is 11.1 Å². The Kier molecular flexibility index (Phi) is 3.21. The maximum absolute atomic E-state index is 6.02. The molecule has 2 aromatic carbocycles. The first-order valence-electron chi connectivity index (χ1n) is 6.56. The molecule has 1 unspecified atom stereocenters. The van der Waals surface area contributed by atoms with Crippen molar-refractivity contribution in [3.63, 3.8) is 0 Å². The van der Waals surface area contributed by atoms with Crippen LogP contribution >= 0.6 is 0 Å². The molecule has 20 heavy (non-hydrogen) atoms. The van der Waals surface area contributed by atoms with E-state index >= 15 is 0 Å². The molecule has 0 aliphatic carbocycles. The van der Waals surface area contributed by atoms with Crippen LogP contribution in [0.5, 0.6) is 0 Å². The maximum Gasteiger partial charge on any atom is 0.137 e. The van der Waals surface area contributed by atoms with Gasteiger partial charge in [0, 0.05) is 11.1 Å². The summed E-state index contributed by atoms with van der Waals surface area (Å²) in [5, 5.41) is 4.42. The lowest BCUT2D eigenvalue weighted by atomic mass is 10.1. The van der Waals surface area contributed by atoms with Crippen molar-refractivity contribution in [2.24, 2.45) is 0 Å².